The zero-order valence-corrected chi connectivity index (χ0v) is 23.4. The van der Waals surface area contributed by atoms with Crippen molar-refractivity contribution >= 4 is 55.3 Å². The zero-order valence-electron chi connectivity index (χ0n) is 18.3. The molecule has 0 rings (SSSR count). The van der Waals surface area contributed by atoms with Crippen LogP contribution in [0, 0.1) is 0 Å². The van der Waals surface area contributed by atoms with Crippen LogP contribution >= 0.6 is 45.2 Å². The second-order valence-corrected chi connectivity index (χ2v) is 12.7. The van der Waals surface area contributed by atoms with Gasteiger partial charge >= 0.3 is 57.6 Å². The highest BCUT2D eigenvalue weighted by molar-refractivity contribution is 14.1. The zero-order chi connectivity index (χ0) is 31.9. The molecule has 1 N–H and O–H groups in total. The van der Waals surface area contributed by atoms with Gasteiger partial charge in [-0.15, -0.1) is 0 Å². The average Bonchev–Trinajstić information content (AvgIpc) is 2.61. The van der Waals surface area contributed by atoms with Gasteiger partial charge in [-0.25, -0.2) is 9.47 Å². The predicted molar refractivity (Wildman–Crippen MR) is 113 cm³/mol. The van der Waals surface area contributed by atoms with Crippen molar-refractivity contribution in [3.8, 4) is 0 Å². The molecule has 0 aromatic heterocycles. The minimum atomic E-state index is -7.15. The highest BCUT2D eigenvalue weighted by Crippen LogP contribution is 2.50. The van der Waals surface area contributed by atoms with Crippen molar-refractivity contribution in [3.05, 3.63) is 0 Å². The van der Waals surface area contributed by atoms with E-state index < -0.39 is 98.0 Å². The Morgan fingerprint density at radius 1 is 0.615 bits per heavy atom. The van der Waals surface area contributed by atoms with E-state index in [1.807, 2.05) is 0 Å². The largest absolute Gasteiger partial charge is 0.460 e. The quantitative estimate of drug-likeness (QED) is 0.0739. The van der Waals surface area contributed by atoms with E-state index in [1.54, 1.807) is 0 Å². The van der Waals surface area contributed by atoms with Gasteiger partial charge < -0.3 is 0 Å². The molecule has 39 heavy (non-hydrogen) atoms. The summed E-state index contributed by atoms with van der Waals surface area (Å²) in [4.78, 5) is 0. The first-order chi connectivity index (χ1) is 16.7. The standard InChI is InChI=1S/C15H14F16I2O5S/c1-8(16,17)11(22,23)37-12(24,25)9(18,19)4-6(32)2-3-7(33)5-10(20,21)13(26,27)38-14(28,29)15(30,31)39(34,35)36/h6-7H,2-5H2,1H3,(H,34,35,36). The van der Waals surface area contributed by atoms with Gasteiger partial charge in [-0.05, 0) is 12.8 Å². The van der Waals surface area contributed by atoms with E-state index in [4.69, 9.17) is 4.55 Å². The molecule has 0 saturated heterocycles. The fourth-order valence-electron chi connectivity index (χ4n) is 2.13. The van der Waals surface area contributed by atoms with Crippen LogP contribution < -0.4 is 0 Å². The van der Waals surface area contributed by atoms with E-state index in [-0.39, 0.29) is 0 Å². The van der Waals surface area contributed by atoms with Crippen LogP contribution in [-0.2, 0) is 19.6 Å². The Morgan fingerprint density at radius 2 is 0.897 bits per heavy atom. The van der Waals surface area contributed by atoms with Gasteiger partial charge in [0, 0.05) is 27.6 Å². The van der Waals surface area contributed by atoms with Crippen molar-refractivity contribution in [1.29, 1.82) is 0 Å². The molecule has 0 aliphatic carbocycles. The third-order valence-corrected chi connectivity index (χ3v) is 7.30. The van der Waals surface area contributed by atoms with Crippen molar-refractivity contribution in [3.63, 3.8) is 0 Å². The summed E-state index contributed by atoms with van der Waals surface area (Å²) in [5.41, 5.74) is 0. The third kappa shape index (κ3) is 9.59. The Hall–Kier alpha value is 0.170. The van der Waals surface area contributed by atoms with Crippen molar-refractivity contribution in [2.45, 2.75) is 87.9 Å². The summed E-state index contributed by atoms with van der Waals surface area (Å²) in [6, 6.07) is 0. The molecule has 0 aromatic rings. The molecule has 2 unspecified atom stereocenters. The lowest BCUT2D eigenvalue weighted by atomic mass is 10.0. The first-order valence-corrected chi connectivity index (χ1v) is 13.3. The topological polar surface area (TPSA) is 72.8 Å². The fourth-order valence-corrected chi connectivity index (χ4v) is 4.30. The summed E-state index contributed by atoms with van der Waals surface area (Å²) in [5.74, 6) is -16.7. The lowest BCUT2D eigenvalue weighted by molar-refractivity contribution is -0.465. The summed E-state index contributed by atoms with van der Waals surface area (Å²) in [7, 11) is -7.15. The molecule has 0 heterocycles. The van der Waals surface area contributed by atoms with Gasteiger partial charge in [0.25, 0.3) is 0 Å². The predicted octanol–water partition coefficient (Wildman–Crippen LogP) is 7.96. The van der Waals surface area contributed by atoms with E-state index in [2.05, 4.69) is 9.47 Å². The molecule has 0 aromatic carbocycles. The molecular weight excluding hydrogens is 850 g/mol. The smallest absolute Gasteiger partial charge is 0.281 e. The molecule has 0 saturated carbocycles. The number of hydrogen-bond acceptors (Lipinski definition) is 4. The molecule has 0 radical (unpaired) electrons. The summed E-state index contributed by atoms with van der Waals surface area (Å²) in [6.07, 6.45) is -31.8. The Bertz CT molecular complexity index is 941. The molecule has 0 amide bonds. The maximum absolute atomic E-state index is 13.8. The average molecular weight is 864 g/mol. The van der Waals surface area contributed by atoms with Crippen LogP contribution in [0.3, 0.4) is 0 Å². The van der Waals surface area contributed by atoms with Crippen molar-refractivity contribution < 1.29 is 92.7 Å². The van der Waals surface area contributed by atoms with Crippen LogP contribution in [0.25, 0.3) is 0 Å². The first kappa shape index (κ1) is 39.2. The summed E-state index contributed by atoms with van der Waals surface area (Å²) in [5, 5.41) is -6.81. The Balaban J connectivity index is 5.35. The number of rotatable bonds is 16. The Labute approximate surface area is 235 Å². The number of halogens is 18. The molecule has 0 spiro atoms. The van der Waals surface area contributed by atoms with Gasteiger partial charge in [0.15, 0.2) is 0 Å². The van der Waals surface area contributed by atoms with Crippen LogP contribution in [0.1, 0.15) is 32.6 Å². The fraction of sp³-hybridized carbons (Fsp3) is 1.00. The van der Waals surface area contributed by atoms with Gasteiger partial charge in [-0.1, -0.05) is 45.2 Å². The van der Waals surface area contributed by atoms with Gasteiger partial charge in [-0.3, -0.25) is 4.55 Å². The summed E-state index contributed by atoms with van der Waals surface area (Å²) < 4.78 is 242. The molecular formula is C15H14F16I2O5S. The molecule has 236 valence electrons. The van der Waals surface area contributed by atoms with Crippen molar-refractivity contribution in [2.24, 2.45) is 0 Å². The second-order valence-electron chi connectivity index (χ2n) is 7.74. The van der Waals surface area contributed by atoms with E-state index in [9.17, 15) is 78.7 Å². The first-order valence-electron chi connectivity index (χ1n) is 9.34. The SMILES string of the molecule is CC(F)(F)C(F)(F)OC(F)(F)C(F)(F)CC(I)CCC(I)CC(F)(F)C(F)(F)OC(F)(F)C(F)(F)S(=O)(=O)O. The molecule has 24 heteroatoms. The van der Waals surface area contributed by atoms with Crippen LogP contribution in [0.5, 0.6) is 0 Å². The maximum Gasteiger partial charge on any atom is 0.460 e. The minimum Gasteiger partial charge on any atom is -0.281 e. The molecule has 5 nitrogen and oxygen atoms in total. The van der Waals surface area contributed by atoms with E-state index in [1.165, 1.54) is 0 Å². The summed E-state index contributed by atoms with van der Waals surface area (Å²) in [6.45, 7) is -0.617. The van der Waals surface area contributed by atoms with E-state index in [0.717, 1.165) is 45.2 Å². The van der Waals surface area contributed by atoms with Crippen LogP contribution in [0.15, 0.2) is 0 Å². The van der Waals surface area contributed by atoms with Crippen molar-refractivity contribution in [2.75, 3.05) is 0 Å². The molecule has 0 fully saturated rings. The van der Waals surface area contributed by atoms with Gasteiger partial charge in [-0.2, -0.15) is 78.7 Å². The molecule has 0 aliphatic heterocycles. The monoisotopic (exact) mass is 864 g/mol. The van der Waals surface area contributed by atoms with E-state index in [0.29, 0.717) is 0 Å². The van der Waals surface area contributed by atoms with Crippen LogP contribution in [-0.4, -0.2) is 68.3 Å². The van der Waals surface area contributed by atoms with Gasteiger partial charge in [0.1, 0.15) is 0 Å². The summed E-state index contributed by atoms with van der Waals surface area (Å²) >= 11 is 1.85. The maximum atomic E-state index is 13.8. The Kier molecular flexibility index (Phi) is 12.1. The molecule has 2 atom stereocenters. The van der Waals surface area contributed by atoms with Crippen LogP contribution in [0.2, 0.25) is 0 Å². The van der Waals surface area contributed by atoms with E-state index >= 15 is 0 Å². The lowest BCUT2D eigenvalue weighted by Gasteiger charge is -2.33. The second kappa shape index (κ2) is 12.0. The minimum absolute atomic E-state index is 0.617. The number of hydrogen-bond donors (Lipinski definition) is 1. The normalized spacial score (nSPS) is 17.3. The van der Waals surface area contributed by atoms with Crippen molar-refractivity contribution in [1.82, 2.24) is 0 Å². The molecule has 0 aliphatic rings. The molecule has 0 bridgehead atoms. The number of ether oxygens (including phenoxy) is 2. The van der Waals surface area contributed by atoms with Gasteiger partial charge in [0.05, 0.1) is 0 Å². The van der Waals surface area contributed by atoms with Gasteiger partial charge in [0.2, 0.25) is 0 Å². The highest BCUT2D eigenvalue weighted by atomic mass is 127. The Morgan fingerprint density at radius 3 is 1.15 bits per heavy atom. The highest BCUT2D eigenvalue weighted by Gasteiger charge is 2.74. The third-order valence-electron chi connectivity index (χ3n) is 4.29. The lowest BCUT2D eigenvalue weighted by Crippen LogP contribution is -2.56. The van der Waals surface area contributed by atoms with Crippen LogP contribution in [0.4, 0.5) is 70.2 Å². The number of alkyl halides is 18.